The lowest BCUT2D eigenvalue weighted by Crippen LogP contribution is -2.27. The van der Waals surface area contributed by atoms with E-state index in [-0.39, 0.29) is 0 Å². The van der Waals surface area contributed by atoms with Crippen molar-refractivity contribution in [3.8, 4) is 11.5 Å². The summed E-state index contributed by atoms with van der Waals surface area (Å²) in [6.07, 6.45) is 2.13. The molecule has 1 aromatic carbocycles. The first-order valence-corrected chi connectivity index (χ1v) is 7.64. The Morgan fingerprint density at radius 2 is 1.89 bits per heavy atom. The fraction of sp³-hybridized carbons (Fsp3) is 0.571. The van der Waals surface area contributed by atoms with Crippen molar-refractivity contribution >= 4 is 11.8 Å². The molecule has 1 atom stereocenters. The van der Waals surface area contributed by atoms with Gasteiger partial charge in [-0.2, -0.15) is 11.8 Å². The van der Waals surface area contributed by atoms with Crippen molar-refractivity contribution in [3.63, 3.8) is 0 Å². The molecular weight excluding hydrogens is 246 g/mol. The van der Waals surface area contributed by atoms with Crippen LogP contribution in [-0.4, -0.2) is 37.8 Å². The second kappa shape index (κ2) is 9.11. The zero-order valence-electron chi connectivity index (χ0n) is 11.4. The summed E-state index contributed by atoms with van der Waals surface area (Å²) in [6, 6.07) is 7.79. The van der Waals surface area contributed by atoms with Gasteiger partial charge in [-0.15, -0.1) is 0 Å². The van der Waals surface area contributed by atoms with Crippen LogP contribution in [0.3, 0.4) is 0 Å². The molecule has 0 aliphatic heterocycles. The molecule has 1 rings (SSSR count). The zero-order chi connectivity index (χ0) is 13.2. The number of rotatable bonds is 9. The van der Waals surface area contributed by atoms with Crippen LogP contribution in [0, 0.1) is 0 Å². The van der Waals surface area contributed by atoms with Crippen LogP contribution < -0.4 is 14.8 Å². The molecule has 0 aliphatic carbocycles. The predicted molar refractivity (Wildman–Crippen MR) is 79.0 cm³/mol. The maximum absolute atomic E-state index is 5.71. The van der Waals surface area contributed by atoms with E-state index in [0.717, 1.165) is 24.6 Å². The van der Waals surface area contributed by atoms with Crippen molar-refractivity contribution in [2.24, 2.45) is 0 Å². The average molecular weight is 269 g/mol. The molecule has 4 heteroatoms. The van der Waals surface area contributed by atoms with Crippen LogP contribution in [0.25, 0.3) is 0 Å². The molecule has 102 valence electrons. The summed E-state index contributed by atoms with van der Waals surface area (Å²) >= 11 is 1.86. The van der Waals surface area contributed by atoms with Gasteiger partial charge >= 0.3 is 0 Å². The predicted octanol–water partition coefficient (Wildman–Crippen LogP) is 2.81. The van der Waals surface area contributed by atoms with Crippen molar-refractivity contribution in [2.75, 3.05) is 32.6 Å². The van der Waals surface area contributed by atoms with Crippen LogP contribution in [0.1, 0.15) is 13.8 Å². The van der Waals surface area contributed by atoms with Crippen LogP contribution in [0.5, 0.6) is 11.5 Å². The van der Waals surface area contributed by atoms with Crippen molar-refractivity contribution in [2.45, 2.75) is 19.1 Å². The van der Waals surface area contributed by atoms with Crippen molar-refractivity contribution < 1.29 is 9.47 Å². The Hall–Kier alpha value is -0.870. The van der Waals surface area contributed by atoms with Gasteiger partial charge in [-0.1, -0.05) is 19.1 Å². The molecule has 0 saturated heterocycles. The summed E-state index contributed by atoms with van der Waals surface area (Å²) in [5, 5.41) is 4.01. The van der Waals surface area contributed by atoms with Gasteiger partial charge in [0.25, 0.3) is 0 Å². The molecule has 0 heterocycles. The molecule has 1 aromatic rings. The number of ether oxygens (including phenoxy) is 2. The molecule has 0 spiro atoms. The van der Waals surface area contributed by atoms with E-state index >= 15 is 0 Å². The summed E-state index contributed by atoms with van der Waals surface area (Å²) < 4.78 is 11.2. The van der Waals surface area contributed by atoms with Gasteiger partial charge in [-0.3, -0.25) is 0 Å². The maximum atomic E-state index is 5.71. The summed E-state index contributed by atoms with van der Waals surface area (Å²) in [5.41, 5.74) is 0. The third-order valence-corrected chi connectivity index (χ3v) is 3.49. The first-order chi connectivity index (χ1) is 8.77. The standard InChI is InChI=1S/C14H23NO2S/c1-4-16-13-7-5-6-8-14(13)17-10-9-15-11-12(2)18-3/h5-8,12,15H,4,9-11H2,1-3H3. The highest BCUT2D eigenvalue weighted by Crippen LogP contribution is 2.25. The van der Waals surface area contributed by atoms with Gasteiger partial charge in [0, 0.05) is 18.3 Å². The van der Waals surface area contributed by atoms with Crippen LogP contribution in [0.15, 0.2) is 24.3 Å². The zero-order valence-corrected chi connectivity index (χ0v) is 12.3. The molecule has 0 amide bonds. The van der Waals surface area contributed by atoms with Gasteiger partial charge in [-0.25, -0.2) is 0 Å². The van der Waals surface area contributed by atoms with Gasteiger partial charge in [-0.05, 0) is 25.3 Å². The molecular formula is C14H23NO2S. The average Bonchev–Trinajstić information content (AvgIpc) is 2.40. The van der Waals surface area contributed by atoms with Crippen LogP contribution in [0.4, 0.5) is 0 Å². The number of thioether (sulfide) groups is 1. The van der Waals surface area contributed by atoms with Crippen molar-refractivity contribution in [1.82, 2.24) is 5.32 Å². The Morgan fingerprint density at radius 3 is 2.50 bits per heavy atom. The van der Waals surface area contributed by atoms with Gasteiger partial charge < -0.3 is 14.8 Å². The fourth-order valence-electron chi connectivity index (χ4n) is 1.47. The third kappa shape index (κ3) is 5.65. The number of hydrogen-bond donors (Lipinski definition) is 1. The van der Waals surface area contributed by atoms with Crippen molar-refractivity contribution in [1.29, 1.82) is 0 Å². The molecule has 0 fully saturated rings. The van der Waals surface area contributed by atoms with Crippen LogP contribution in [-0.2, 0) is 0 Å². The Bertz CT molecular complexity index is 333. The van der Waals surface area contributed by atoms with Gasteiger partial charge in [0.05, 0.1) is 6.61 Å². The quantitative estimate of drug-likeness (QED) is 0.698. The first kappa shape index (κ1) is 15.2. The Labute approximate surface area is 114 Å². The molecule has 1 unspecified atom stereocenters. The number of para-hydroxylation sites is 2. The normalized spacial score (nSPS) is 12.2. The molecule has 0 bridgehead atoms. The van der Waals surface area contributed by atoms with Crippen molar-refractivity contribution in [3.05, 3.63) is 24.3 Å². The molecule has 0 aliphatic rings. The Morgan fingerprint density at radius 1 is 1.22 bits per heavy atom. The first-order valence-electron chi connectivity index (χ1n) is 6.36. The molecule has 1 N–H and O–H groups in total. The minimum absolute atomic E-state index is 0.640. The monoisotopic (exact) mass is 269 g/mol. The summed E-state index contributed by atoms with van der Waals surface area (Å²) in [4.78, 5) is 0. The second-order valence-corrected chi connectivity index (χ2v) is 5.25. The minimum atomic E-state index is 0.640. The van der Waals surface area contributed by atoms with E-state index in [0.29, 0.717) is 18.5 Å². The molecule has 0 radical (unpaired) electrons. The lowest BCUT2D eigenvalue weighted by Gasteiger charge is -2.13. The smallest absolute Gasteiger partial charge is 0.161 e. The highest BCUT2D eigenvalue weighted by Gasteiger charge is 2.03. The van der Waals surface area contributed by atoms with Gasteiger partial charge in [0.15, 0.2) is 11.5 Å². The minimum Gasteiger partial charge on any atom is -0.490 e. The number of hydrogen-bond acceptors (Lipinski definition) is 4. The van der Waals surface area contributed by atoms with Crippen LogP contribution in [0.2, 0.25) is 0 Å². The van der Waals surface area contributed by atoms with E-state index in [9.17, 15) is 0 Å². The molecule has 3 nitrogen and oxygen atoms in total. The highest BCUT2D eigenvalue weighted by molar-refractivity contribution is 7.99. The topological polar surface area (TPSA) is 30.5 Å². The molecule has 0 saturated carbocycles. The van der Waals surface area contributed by atoms with E-state index in [4.69, 9.17) is 9.47 Å². The van der Waals surface area contributed by atoms with E-state index in [2.05, 4.69) is 18.5 Å². The lowest BCUT2D eigenvalue weighted by atomic mass is 10.3. The fourth-order valence-corrected chi connectivity index (χ4v) is 1.75. The number of nitrogens with one attached hydrogen (secondary N) is 1. The van der Waals surface area contributed by atoms with E-state index in [1.54, 1.807) is 0 Å². The van der Waals surface area contributed by atoms with E-state index in [1.165, 1.54) is 0 Å². The number of benzene rings is 1. The van der Waals surface area contributed by atoms with Gasteiger partial charge in [0.2, 0.25) is 0 Å². The highest BCUT2D eigenvalue weighted by atomic mass is 32.2. The molecule has 0 aromatic heterocycles. The molecule has 18 heavy (non-hydrogen) atoms. The van der Waals surface area contributed by atoms with E-state index < -0.39 is 0 Å². The summed E-state index contributed by atoms with van der Waals surface area (Å²) in [7, 11) is 0. The van der Waals surface area contributed by atoms with E-state index in [1.807, 2.05) is 43.0 Å². The Balaban J connectivity index is 2.26. The van der Waals surface area contributed by atoms with Gasteiger partial charge in [0.1, 0.15) is 6.61 Å². The largest absolute Gasteiger partial charge is 0.490 e. The Kier molecular flexibility index (Phi) is 7.69. The lowest BCUT2D eigenvalue weighted by molar-refractivity contribution is 0.276. The third-order valence-electron chi connectivity index (χ3n) is 2.52. The van der Waals surface area contributed by atoms with Crippen LogP contribution >= 0.6 is 11.8 Å². The SMILES string of the molecule is CCOc1ccccc1OCCNCC(C)SC. The maximum Gasteiger partial charge on any atom is 0.161 e. The summed E-state index contributed by atoms with van der Waals surface area (Å²) in [5.74, 6) is 1.64. The summed E-state index contributed by atoms with van der Waals surface area (Å²) in [6.45, 7) is 7.36. The second-order valence-electron chi connectivity index (χ2n) is 3.98.